The smallest absolute Gasteiger partial charge is 0.266 e. The first-order chi connectivity index (χ1) is 15.4. The van der Waals surface area contributed by atoms with Crippen LogP contribution in [0.4, 0.5) is 11.4 Å². The lowest BCUT2D eigenvalue weighted by Gasteiger charge is -2.08. The number of carbonyl (C=O) groups excluding carboxylic acids is 2. The quantitative estimate of drug-likeness (QED) is 0.417. The molecule has 3 rings (SSSR count). The van der Waals surface area contributed by atoms with Crippen molar-refractivity contribution in [3.05, 3.63) is 95.1 Å². The Morgan fingerprint density at radius 3 is 2.28 bits per heavy atom. The number of nitrogens with one attached hydrogen (secondary N) is 2. The number of ether oxygens (including phenoxy) is 1. The van der Waals surface area contributed by atoms with Gasteiger partial charge < -0.3 is 15.4 Å². The van der Waals surface area contributed by atoms with Crippen LogP contribution in [-0.2, 0) is 9.59 Å². The zero-order chi connectivity index (χ0) is 22.9. The third kappa shape index (κ3) is 6.57. The highest BCUT2D eigenvalue weighted by atomic mass is 16.5. The van der Waals surface area contributed by atoms with Crippen LogP contribution >= 0.6 is 0 Å². The normalized spacial score (nSPS) is 10.7. The van der Waals surface area contributed by atoms with Gasteiger partial charge in [-0.05, 0) is 67.4 Å². The number of aryl methyl sites for hydroxylation is 2. The summed E-state index contributed by atoms with van der Waals surface area (Å²) in [7, 11) is 0. The van der Waals surface area contributed by atoms with Crippen LogP contribution in [-0.4, -0.2) is 18.4 Å². The van der Waals surface area contributed by atoms with E-state index in [1.54, 1.807) is 36.4 Å². The molecule has 0 saturated heterocycles. The molecule has 0 spiro atoms. The molecule has 3 aromatic carbocycles. The number of hydrogen-bond acceptors (Lipinski definition) is 4. The van der Waals surface area contributed by atoms with Crippen molar-refractivity contribution in [3.8, 4) is 11.8 Å². The van der Waals surface area contributed by atoms with Gasteiger partial charge in [0.15, 0.2) is 6.61 Å². The number of carbonyl (C=O) groups is 2. The Labute approximate surface area is 187 Å². The minimum absolute atomic E-state index is 0.0169. The van der Waals surface area contributed by atoms with E-state index in [-0.39, 0.29) is 18.1 Å². The minimum atomic E-state index is -0.482. The van der Waals surface area contributed by atoms with Crippen molar-refractivity contribution < 1.29 is 14.3 Å². The summed E-state index contributed by atoms with van der Waals surface area (Å²) < 4.78 is 5.52. The van der Waals surface area contributed by atoms with E-state index in [0.29, 0.717) is 22.7 Å². The number of amides is 2. The molecule has 3 aromatic rings. The van der Waals surface area contributed by atoms with Gasteiger partial charge in [0.1, 0.15) is 17.4 Å². The molecule has 0 bridgehead atoms. The van der Waals surface area contributed by atoms with Gasteiger partial charge in [0.2, 0.25) is 0 Å². The number of rotatable bonds is 7. The summed E-state index contributed by atoms with van der Waals surface area (Å²) in [5.74, 6) is -0.243. The van der Waals surface area contributed by atoms with E-state index in [2.05, 4.69) is 10.6 Å². The maximum absolute atomic E-state index is 12.4. The molecular formula is C26H23N3O3. The number of hydrogen-bond donors (Lipinski definition) is 2. The summed E-state index contributed by atoms with van der Waals surface area (Å²) in [4.78, 5) is 24.4. The third-order valence-corrected chi connectivity index (χ3v) is 4.54. The van der Waals surface area contributed by atoms with Gasteiger partial charge in [-0.25, -0.2) is 0 Å². The van der Waals surface area contributed by atoms with Crippen LogP contribution in [0.3, 0.4) is 0 Å². The Bertz CT molecular complexity index is 1170. The predicted molar refractivity (Wildman–Crippen MR) is 125 cm³/mol. The molecule has 160 valence electrons. The zero-order valence-electron chi connectivity index (χ0n) is 17.9. The Morgan fingerprint density at radius 2 is 1.62 bits per heavy atom. The average molecular weight is 425 g/mol. The van der Waals surface area contributed by atoms with Crippen molar-refractivity contribution in [1.29, 1.82) is 5.26 Å². The van der Waals surface area contributed by atoms with Gasteiger partial charge in [0.25, 0.3) is 11.8 Å². The average Bonchev–Trinajstić information content (AvgIpc) is 2.78. The molecule has 2 N–H and O–H groups in total. The van der Waals surface area contributed by atoms with Crippen molar-refractivity contribution in [2.75, 3.05) is 17.2 Å². The summed E-state index contributed by atoms with van der Waals surface area (Å²) in [6.07, 6.45) is 1.50. The molecule has 0 aliphatic carbocycles. The zero-order valence-corrected chi connectivity index (χ0v) is 17.9. The Morgan fingerprint density at radius 1 is 0.906 bits per heavy atom. The highest BCUT2D eigenvalue weighted by Crippen LogP contribution is 2.16. The predicted octanol–water partition coefficient (Wildman–Crippen LogP) is 4.87. The Kier molecular flexibility index (Phi) is 7.39. The minimum Gasteiger partial charge on any atom is -0.484 e. The van der Waals surface area contributed by atoms with Crippen molar-refractivity contribution in [3.63, 3.8) is 0 Å². The maximum atomic E-state index is 12.4. The van der Waals surface area contributed by atoms with Crippen LogP contribution in [0.25, 0.3) is 6.08 Å². The first kappa shape index (κ1) is 22.3. The maximum Gasteiger partial charge on any atom is 0.266 e. The highest BCUT2D eigenvalue weighted by molar-refractivity contribution is 6.09. The van der Waals surface area contributed by atoms with E-state index in [1.165, 1.54) is 6.08 Å². The molecule has 32 heavy (non-hydrogen) atoms. The molecule has 0 radical (unpaired) electrons. The molecule has 0 heterocycles. The van der Waals surface area contributed by atoms with Gasteiger partial charge in [-0.1, -0.05) is 42.0 Å². The molecule has 0 aliphatic heterocycles. The second-order valence-electron chi connectivity index (χ2n) is 7.27. The molecule has 0 unspecified atom stereocenters. The molecule has 6 nitrogen and oxygen atoms in total. The lowest BCUT2D eigenvalue weighted by atomic mass is 10.1. The highest BCUT2D eigenvalue weighted by Gasteiger charge is 2.10. The van der Waals surface area contributed by atoms with Crippen molar-refractivity contribution in [2.24, 2.45) is 0 Å². The van der Waals surface area contributed by atoms with Crippen LogP contribution in [0, 0.1) is 25.2 Å². The van der Waals surface area contributed by atoms with Crippen LogP contribution in [0.1, 0.15) is 16.7 Å². The van der Waals surface area contributed by atoms with Gasteiger partial charge in [-0.15, -0.1) is 0 Å². The largest absolute Gasteiger partial charge is 0.484 e. The molecule has 0 atom stereocenters. The molecule has 0 saturated carbocycles. The SMILES string of the molecule is Cc1ccc(NC(=O)/C(C#N)=C/c2ccc(OCC(=O)Nc3cccc(C)c3)cc2)cc1. The molecule has 0 aromatic heterocycles. The second-order valence-corrected chi connectivity index (χ2v) is 7.27. The van der Waals surface area contributed by atoms with Gasteiger partial charge in [0, 0.05) is 11.4 Å². The number of nitrogens with zero attached hydrogens (tertiary/aromatic N) is 1. The first-order valence-electron chi connectivity index (χ1n) is 10.0. The summed E-state index contributed by atoms with van der Waals surface area (Å²) in [6, 6.07) is 23.5. The molecule has 2 amide bonds. The fourth-order valence-electron chi connectivity index (χ4n) is 2.88. The fraction of sp³-hybridized carbons (Fsp3) is 0.115. The third-order valence-electron chi connectivity index (χ3n) is 4.54. The number of anilines is 2. The van der Waals surface area contributed by atoms with Crippen molar-refractivity contribution >= 4 is 29.3 Å². The lowest BCUT2D eigenvalue weighted by molar-refractivity contribution is -0.118. The lowest BCUT2D eigenvalue weighted by Crippen LogP contribution is -2.20. The standard InChI is InChI=1S/C26H23N3O3/c1-18-6-10-22(11-7-18)29-26(31)21(16-27)15-20-8-12-24(13-9-20)32-17-25(30)28-23-5-3-4-19(2)14-23/h3-15H,17H2,1-2H3,(H,28,30)(H,29,31)/b21-15+. The van der Waals surface area contributed by atoms with Gasteiger partial charge >= 0.3 is 0 Å². The van der Waals surface area contributed by atoms with Gasteiger partial charge in [-0.2, -0.15) is 5.26 Å². The Balaban J connectivity index is 1.57. The summed E-state index contributed by atoms with van der Waals surface area (Å²) >= 11 is 0. The summed E-state index contributed by atoms with van der Waals surface area (Å²) in [6.45, 7) is 3.77. The van der Waals surface area contributed by atoms with Crippen LogP contribution in [0.2, 0.25) is 0 Å². The topological polar surface area (TPSA) is 91.2 Å². The van der Waals surface area contributed by atoms with Crippen LogP contribution in [0.15, 0.2) is 78.4 Å². The molecule has 0 fully saturated rings. The van der Waals surface area contributed by atoms with E-state index >= 15 is 0 Å². The fourth-order valence-corrected chi connectivity index (χ4v) is 2.88. The molecular weight excluding hydrogens is 402 g/mol. The van der Waals surface area contributed by atoms with Crippen molar-refractivity contribution in [1.82, 2.24) is 0 Å². The van der Waals surface area contributed by atoms with E-state index in [4.69, 9.17) is 4.74 Å². The second kappa shape index (κ2) is 10.6. The summed E-state index contributed by atoms with van der Waals surface area (Å²) in [5.41, 5.74) is 4.11. The summed E-state index contributed by atoms with van der Waals surface area (Å²) in [5, 5.41) is 14.9. The number of nitriles is 1. The Hall–Kier alpha value is -4.37. The van der Waals surface area contributed by atoms with Crippen molar-refractivity contribution in [2.45, 2.75) is 13.8 Å². The van der Waals surface area contributed by atoms with E-state index in [9.17, 15) is 14.9 Å². The van der Waals surface area contributed by atoms with Crippen LogP contribution < -0.4 is 15.4 Å². The van der Waals surface area contributed by atoms with E-state index in [1.807, 2.05) is 56.3 Å². The molecule has 6 heteroatoms. The monoisotopic (exact) mass is 425 g/mol. The van der Waals surface area contributed by atoms with Gasteiger partial charge in [0.05, 0.1) is 0 Å². The number of benzene rings is 3. The van der Waals surface area contributed by atoms with Gasteiger partial charge in [-0.3, -0.25) is 9.59 Å². The molecule has 0 aliphatic rings. The first-order valence-corrected chi connectivity index (χ1v) is 10.0. The van der Waals surface area contributed by atoms with E-state index in [0.717, 1.165) is 11.1 Å². The van der Waals surface area contributed by atoms with E-state index < -0.39 is 5.91 Å². The van der Waals surface area contributed by atoms with Crippen LogP contribution in [0.5, 0.6) is 5.75 Å².